The Balaban J connectivity index is 1.63. The number of ketones is 1. The zero-order valence-corrected chi connectivity index (χ0v) is 16.6. The van der Waals surface area contributed by atoms with Crippen LogP contribution in [0.4, 0.5) is 14.5 Å². The van der Waals surface area contributed by atoms with E-state index in [-0.39, 0.29) is 30.2 Å². The van der Waals surface area contributed by atoms with Crippen LogP contribution in [0.5, 0.6) is 0 Å². The number of halogens is 2. The molecule has 2 N–H and O–H groups in total. The molecule has 0 atom stereocenters. The molecule has 0 spiro atoms. The van der Waals surface area contributed by atoms with E-state index in [4.69, 9.17) is 4.74 Å². The Hall–Kier alpha value is -3.40. The van der Waals surface area contributed by atoms with E-state index in [9.17, 15) is 28.0 Å². The number of hydrogen-bond acceptors (Lipinski definition) is 5. The number of aldehydes is 1. The third kappa shape index (κ3) is 3.52. The third-order valence-corrected chi connectivity index (χ3v) is 5.54. The fourth-order valence-corrected chi connectivity index (χ4v) is 3.96. The minimum absolute atomic E-state index is 0.0113. The third-order valence-electron chi connectivity index (χ3n) is 5.54. The number of ether oxygens (including phenoxy) is 1. The van der Waals surface area contributed by atoms with Crippen LogP contribution in [0.2, 0.25) is 0 Å². The molecule has 8 nitrogen and oxygen atoms in total. The Bertz CT molecular complexity index is 1120. The second kappa shape index (κ2) is 7.69. The molecule has 2 aromatic rings. The molecule has 0 saturated carbocycles. The van der Waals surface area contributed by atoms with Crippen LogP contribution in [0.15, 0.2) is 18.2 Å². The van der Waals surface area contributed by atoms with Crippen LogP contribution in [0.25, 0.3) is 0 Å². The number of nitrogens with zero attached hydrogens (tertiary/aromatic N) is 1. The molecule has 10 heteroatoms. The average Bonchev–Trinajstić information content (AvgIpc) is 3.26. The van der Waals surface area contributed by atoms with E-state index >= 15 is 0 Å². The van der Waals surface area contributed by atoms with Crippen molar-refractivity contribution >= 4 is 29.6 Å². The molecular weight excluding hydrogens is 412 g/mol. The van der Waals surface area contributed by atoms with E-state index in [0.717, 1.165) is 12.1 Å². The lowest BCUT2D eigenvalue weighted by Crippen LogP contribution is -2.64. The standard InChI is InChI=1S/C21H19F2N3O5/c1-11-16(19(29)24-12-4-5-13(22)14(23)7-12)15-3-2-6-26(15)17(11)18(28)20(30)25-21(8-27)9-31-10-21/h4-5,7-8H,2-3,6,9-10H2,1H3,(H,24,29)(H,25,30). The normalized spacial score (nSPS) is 16.2. The molecular formula is C21H19F2N3O5. The molecule has 0 radical (unpaired) electrons. The Morgan fingerprint density at radius 2 is 1.94 bits per heavy atom. The van der Waals surface area contributed by atoms with Crippen LogP contribution in [0, 0.1) is 18.6 Å². The van der Waals surface area contributed by atoms with Gasteiger partial charge in [-0.2, -0.15) is 0 Å². The molecule has 1 aromatic carbocycles. The number of aromatic nitrogens is 1. The molecule has 2 amide bonds. The van der Waals surface area contributed by atoms with Crippen LogP contribution < -0.4 is 10.6 Å². The summed E-state index contributed by atoms with van der Waals surface area (Å²) in [4.78, 5) is 49.6. The number of fused-ring (bicyclic) bond motifs is 1. The maximum Gasteiger partial charge on any atom is 0.294 e. The molecule has 1 saturated heterocycles. The van der Waals surface area contributed by atoms with Gasteiger partial charge >= 0.3 is 0 Å². The highest BCUT2D eigenvalue weighted by Gasteiger charge is 2.42. The predicted molar refractivity (Wildman–Crippen MR) is 104 cm³/mol. The lowest BCUT2D eigenvalue weighted by atomic mass is 9.99. The van der Waals surface area contributed by atoms with E-state index < -0.39 is 34.8 Å². The smallest absolute Gasteiger partial charge is 0.294 e. The van der Waals surface area contributed by atoms with E-state index in [0.29, 0.717) is 36.9 Å². The fraction of sp³-hybridized carbons (Fsp3) is 0.333. The quantitative estimate of drug-likeness (QED) is 0.410. The summed E-state index contributed by atoms with van der Waals surface area (Å²) in [6.07, 6.45) is 1.73. The number of carbonyl (C=O) groups is 4. The van der Waals surface area contributed by atoms with Crippen LogP contribution in [0.3, 0.4) is 0 Å². The van der Waals surface area contributed by atoms with Gasteiger partial charge in [-0.3, -0.25) is 14.4 Å². The van der Waals surface area contributed by atoms with Crippen LogP contribution in [-0.2, 0) is 27.3 Å². The van der Waals surface area contributed by atoms with E-state index in [1.165, 1.54) is 6.07 Å². The second-order valence-electron chi connectivity index (χ2n) is 7.68. The molecule has 1 fully saturated rings. The first-order valence-electron chi connectivity index (χ1n) is 9.65. The van der Waals surface area contributed by atoms with Crippen molar-refractivity contribution in [1.82, 2.24) is 9.88 Å². The van der Waals surface area contributed by atoms with E-state index in [1.807, 2.05) is 0 Å². The van der Waals surface area contributed by atoms with Gasteiger partial charge in [-0.1, -0.05) is 0 Å². The summed E-state index contributed by atoms with van der Waals surface area (Å²) in [5.74, 6) is -4.56. The van der Waals surface area contributed by atoms with E-state index in [1.54, 1.807) is 11.5 Å². The maximum atomic E-state index is 13.5. The number of amides is 2. The maximum absolute atomic E-state index is 13.5. The van der Waals surface area contributed by atoms with Crippen molar-refractivity contribution in [3.63, 3.8) is 0 Å². The Morgan fingerprint density at radius 1 is 1.19 bits per heavy atom. The van der Waals surface area contributed by atoms with Gasteiger partial charge < -0.3 is 24.7 Å². The first kappa shape index (κ1) is 20.9. The van der Waals surface area contributed by atoms with E-state index in [2.05, 4.69) is 10.6 Å². The van der Waals surface area contributed by atoms with Gasteiger partial charge in [-0.05, 0) is 37.5 Å². The lowest BCUT2D eigenvalue weighted by molar-refractivity contribution is -0.140. The molecule has 2 aliphatic rings. The number of nitrogens with one attached hydrogen (secondary N) is 2. The predicted octanol–water partition coefficient (Wildman–Crippen LogP) is 1.54. The van der Waals surface area contributed by atoms with Crippen LogP contribution in [-0.4, -0.2) is 47.2 Å². The van der Waals surface area contributed by atoms with Gasteiger partial charge in [0.1, 0.15) is 11.8 Å². The first-order valence-corrected chi connectivity index (χ1v) is 9.65. The van der Waals surface area contributed by atoms with Crippen LogP contribution >= 0.6 is 0 Å². The van der Waals surface area contributed by atoms with Gasteiger partial charge in [-0.15, -0.1) is 0 Å². The highest BCUT2D eigenvalue weighted by Crippen LogP contribution is 2.30. The van der Waals surface area contributed by atoms with Crippen molar-refractivity contribution in [2.45, 2.75) is 31.8 Å². The summed E-state index contributed by atoms with van der Waals surface area (Å²) < 4.78 is 33.2. The number of rotatable bonds is 6. The monoisotopic (exact) mass is 431 g/mol. The van der Waals surface area contributed by atoms with Gasteiger partial charge in [0.25, 0.3) is 17.6 Å². The Kier molecular flexibility index (Phi) is 5.18. The first-order chi connectivity index (χ1) is 14.8. The average molecular weight is 431 g/mol. The molecule has 0 bridgehead atoms. The molecule has 0 unspecified atom stereocenters. The van der Waals surface area contributed by atoms with Gasteiger partial charge in [0.2, 0.25) is 0 Å². The molecule has 4 rings (SSSR count). The summed E-state index contributed by atoms with van der Waals surface area (Å²) in [5.41, 5.74) is 0.0289. The van der Waals surface area contributed by atoms with Gasteiger partial charge in [0.05, 0.1) is 24.5 Å². The number of anilines is 1. The molecule has 1 aromatic heterocycles. The Labute approximate surface area is 175 Å². The minimum atomic E-state index is -1.21. The summed E-state index contributed by atoms with van der Waals surface area (Å²) in [7, 11) is 0. The van der Waals surface area contributed by atoms with Gasteiger partial charge in [0, 0.05) is 24.0 Å². The highest BCUT2D eigenvalue weighted by atomic mass is 19.2. The second-order valence-corrected chi connectivity index (χ2v) is 7.68. The molecule has 31 heavy (non-hydrogen) atoms. The highest BCUT2D eigenvalue weighted by molar-refractivity contribution is 6.43. The largest absolute Gasteiger partial charge is 0.375 e. The summed E-state index contributed by atoms with van der Waals surface area (Å²) in [5, 5.41) is 4.92. The van der Waals surface area contributed by atoms with Crippen molar-refractivity contribution < 1.29 is 32.7 Å². The number of benzene rings is 1. The SMILES string of the molecule is Cc1c(C(=O)Nc2ccc(F)c(F)c2)c2n(c1C(=O)C(=O)NC1(C=O)COC1)CCC2. The summed E-state index contributed by atoms with van der Waals surface area (Å²) in [6.45, 7) is 1.98. The van der Waals surface area contributed by atoms with Crippen molar-refractivity contribution in [3.05, 3.63) is 52.3 Å². The molecule has 3 heterocycles. The number of Topliss-reactive ketones (excluding diaryl/α,β-unsaturated/α-hetero) is 1. The molecule has 162 valence electrons. The minimum Gasteiger partial charge on any atom is -0.375 e. The Morgan fingerprint density at radius 3 is 2.55 bits per heavy atom. The number of hydrogen-bond donors (Lipinski definition) is 2. The van der Waals surface area contributed by atoms with Gasteiger partial charge in [-0.25, -0.2) is 8.78 Å². The van der Waals surface area contributed by atoms with Crippen LogP contribution in [0.1, 0.15) is 38.5 Å². The summed E-state index contributed by atoms with van der Waals surface area (Å²) in [6, 6.07) is 2.98. The number of carbonyl (C=O) groups excluding carboxylic acids is 4. The van der Waals surface area contributed by atoms with Crippen molar-refractivity contribution in [3.8, 4) is 0 Å². The fourth-order valence-electron chi connectivity index (χ4n) is 3.96. The van der Waals surface area contributed by atoms with Crippen molar-refractivity contribution in [2.24, 2.45) is 0 Å². The van der Waals surface area contributed by atoms with Crippen molar-refractivity contribution in [2.75, 3.05) is 18.5 Å². The molecule has 2 aliphatic heterocycles. The zero-order valence-electron chi connectivity index (χ0n) is 16.6. The lowest BCUT2D eigenvalue weighted by Gasteiger charge is -2.36. The van der Waals surface area contributed by atoms with Gasteiger partial charge in [0.15, 0.2) is 11.6 Å². The van der Waals surface area contributed by atoms with Crippen molar-refractivity contribution in [1.29, 1.82) is 0 Å². The topological polar surface area (TPSA) is 107 Å². The zero-order chi connectivity index (χ0) is 22.3. The summed E-state index contributed by atoms with van der Waals surface area (Å²) >= 11 is 0. The molecule has 0 aliphatic carbocycles.